The lowest BCUT2D eigenvalue weighted by molar-refractivity contribution is -0.353. The summed E-state index contributed by atoms with van der Waals surface area (Å²) in [6.07, 6.45) is -62.6. The van der Waals surface area contributed by atoms with Crippen molar-refractivity contribution < 1.29 is 189 Å². The van der Waals surface area contributed by atoms with Gasteiger partial charge in [0.2, 0.25) is 12.2 Å². The average Bonchev–Trinajstić information content (AvgIpc) is 1.79. The molecule has 8 aliphatic heterocycles. The first-order chi connectivity index (χ1) is 44.9. The molecule has 0 saturated carbocycles. The van der Waals surface area contributed by atoms with E-state index in [1.54, 1.807) is 38.1 Å². The summed E-state index contributed by atoms with van der Waals surface area (Å²) in [5.74, 6) is -0.320. The summed E-state index contributed by atoms with van der Waals surface area (Å²) in [5.41, 5.74) is -0.00123. The van der Waals surface area contributed by atoms with Gasteiger partial charge in [0.1, 0.15) is 177 Å². The monoisotopic (exact) mass is 1380 g/mol. The summed E-state index contributed by atoms with van der Waals surface area (Å²) < 4.78 is 84.4. The van der Waals surface area contributed by atoms with Gasteiger partial charge in [0.15, 0.2) is 43.5 Å². The minimum absolute atomic E-state index is 0.173. The van der Waals surface area contributed by atoms with Gasteiger partial charge in [-0.15, -0.1) is 0 Å². The first kappa shape index (κ1) is 76.0. The number of aliphatic hydroxyl groups excluding tert-OH is 23. The normalized spacial score (nSPS) is 48.1. The molecular weight excluding hydrogens is 1290 g/mol. The van der Waals surface area contributed by atoms with Gasteiger partial charge in [-0.2, -0.15) is 0 Å². The van der Waals surface area contributed by atoms with E-state index in [4.69, 9.17) is 71.1 Å². The highest BCUT2D eigenvalue weighted by molar-refractivity contribution is 5.30. The SMILES string of the molecule is COC1[C@H](O)C(COC2OC(COC3OC(COC4OC(COC5OC(COC6OC(CO)C(O)C(O)C6O)[C@@H](O)C(O)C5O)C(O)C(O)C4O)C(O)C(O)C3O)C(O)C(O)C2O)OC(OCC2OC(Oc3ccc(CC4NC(O)=C(O)C4(C)C)cc3)C(O)C(O)C2O)[C@@H]1O. The maximum atomic E-state index is 11.2. The fourth-order valence-corrected chi connectivity index (χ4v) is 12.0. The van der Waals surface area contributed by atoms with Gasteiger partial charge in [-0.05, 0) is 24.1 Å². The van der Waals surface area contributed by atoms with Crippen LogP contribution >= 0.6 is 0 Å². The summed E-state index contributed by atoms with van der Waals surface area (Å²) >= 11 is 0. The molecule has 0 bridgehead atoms. The van der Waals surface area contributed by atoms with Crippen molar-refractivity contribution in [1.82, 2.24) is 5.32 Å². The molecule has 9 rings (SSSR count). The zero-order valence-electron chi connectivity index (χ0n) is 51.2. The molecule has 1 aromatic rings. The Hall–Kier alpha value is -3.24. The van der Waals surface area contributed by atoms with E-state index in [0.717, 1.165) is 12.7 Å². The predicted octanol–water partition coefficient (Wildman–Crippen LogP) is -12.7. The first-order valence-corrected chi connectivity index (χ1v) is 30.6. The van der Waals surface area contributed by atoms with Gasteiger partial charge in [0, 0.05) is 18.6 Å². The number of hydrogen-bond donors (Lipinski definition) is 24. The molecule has 36 atom stereocenters. The molecule has 7 fully saturated rings. The fraction of sp³-hybridized carbons (Fsp3) is 0.857. The number of benzene rings is 1. The number of methoxy groups -OCH3 is 1. The zero-order chi connectivity index (χ0) is 69.4. The van der Waals surface area contributed by atoms with E-state index >= 15 is 0 Å². The Bertz CT molecular complexity index is 2580. The van der Waals surface area contributed by atoms with Gasteiger partial charge >= 0.3 is 0 Å². The van der Waals surface area contributed by atoms with Gasteiger partial charge in [0.05, 0.1) is 46.2 Å². The molecule has 95 heavy (non-hydrogen) atoms. The Balaban J connectivity index is 0.751. The van der Waals surface area contributed by atoms with Crippen LogP contribution in [-0.4, -0.2) is 392 Å². The van der Waals surface area contributed by atoms with Crippen LogP contribution < -0.4 is 10.1 Å². The van der Waals surface area contributed by atoms with E-state index in [9.17, 15) is 117 Å². The third kappa shape index (κ3) is 16.4. The molecule has 546 valence electrons. The topological polar surface area (TPSA) is 616 Å². The average molecular weight is 1380 g/mol. The molecule has 8 heterocycles. The van der Waals surface area contributed by atoms with Crippen molar-refractivity contribution in [2.24, 2.45) is 5.41 Å². The Kier molecular flexibility index (Phi) is 25.7. The molecule has 39 nitrogen and oxygen atoms in total. The molecule has 39 heteroatoms. The summed E-state index contributed by atoms with van der Waals surface area (Å²) in [5, 5.41) is 248. The number of ether oxygens (including phenoxy) is 15. The maximum Gasteiger partial charge on any atom is 0.229 e. The number of hydrogen-bond acceptors (Lipinski definition) is 39. The lowest BCUT2D eigenvalue weighted by Crippen LogP contribution is -2.63. The van der Waals surface area contributed by atoms with Crippen molar-refractivity contribution in [3.63, 3.8) is 0 Å². The molecule has 24 N–H and O–H groups in total. The number of aliphatic hydroxyl groups is 23. The van der Waals surface area contributed by atoms with Crippen LogP contribution in [0.2, 0.25) is 0 Å². The van der Waals surface area contributed by atoms with Crippen LogP contribution in [0.4, 0.5) is 0 Å². The Morgan fingerprint density at radius 3 is 0.926 bits per heavy atom. The minimum Gasteiger partial charge on any atom is -0.506 e. The maximum absolute atomic E-state index is 11.2. The van der Waals surface area contributed by atoms with Crippen LogP contribution in [-0.2, 0) is 72.7 Å². The largest absolute Gasteiger partial charge is 0.506 e. The van der Waals surface area contributed by atoms with E-state index < -0.39 is 267 Å². The molecule has 0 amide bonds. The fourth-order valence-electron chi connectivity index (χ4n) is 12.0. The molecule has 0 aromatic heterocycles. The van der Waals surface area contributed by atoms with Crippen molar-refractivity contribution >= 4 is 0 Å². The van der Waals surface area contributed by atoms with Gasteiger partial charge in [0.25, 0.3) is 0 Å². The van der Waals surface area contributed by atoms with Crippen molar-refractivity contribution in [2.75, 3.05) is 53.4 Å². The van der Waals surface area contributed by atoms with Crippen LogP contribution in [0.1, 0.15) is 19.4 Å². The highest BCUT2D eigenvalue weighted by Crippen LogP contribution is 2.38. The Morgan fingerprint density at radius 2 is 0.632 bits per heavy atom. The van der Waals surface area contributed by atoms with Crippen LogP contribution in [0.25, 0.3) is 0 Å². The quantitative estimate of drug-likeness (QED) is 0.0457. The lowest BCUT2D eigenvalue weighted by Gasteiger charge is -2.45. The van der Waals surface area contributed by atoms with E-state index in [-0.39, 0.29) is 23.4 Å². The Labute approximate surface area is 539 Å². The van der Waals surface area contributed by atoms with Crippen molar-refractivity contribution in [1.29, 1.82) is 0 Å². The lowest BCUT2D eigenvalue weighted by atomic mass is 9.82. The summed E-state index contributed by atoms with van der Waals surface area (Å²) in [7, 11) is 1.14. The summed E-state index contributed by atoms with van der Waals surface area (Å²) in [4.78, 5) is 0. The van der Waals surface area contributed by atoms with E-state index in [2.05, 4.69) is 5.32 Å². The smallest absolute Gasteiger partial charge is 0.229 e. The van der Waals surface area contributed by atoms with Crippen LogP contribution in [0.3, 0.4) is 0 Å². The van der Waals surface area contributed by atoms with Gasteiger partial charge in [-0.25, -0.2) is 0 Å². The third-order valence-electron chi connectivity index (χ3n) is 18.3. The standard InChI is InChI=1S/C56H89NO38/c1-56(2)25(57-48(80)47(56)79)8-16-4-6-17(7-5-16)88-55-44(77)38(71)31(64)23(95-55)14-87-54-45(78)46(81-3)32(65)24(94-54)15-86-53-43(76)37(70)30(63)22(93-53)13-85-52-42(75)36(69)29(62)21(92-52)12-84-51-41(74)35(68)28(61)20(91-51)11-83-50-40(73)34(67)27(60)19(90-50)10-82-49-39(72)33(66)26(59)18(9-58)89-49/h4-7,18-46,49-55,57-80H,8-15H2,1-3H3/t18?,19?,20?,21?,22?,23?,24?,25?,26?,27-,28?,29?,30?,31?,32-,33?,34?,35?,36?,37?,38?,39?,40?,41?,42?,43?,44?,45-,46?,49?,50?,51?,52?,53?,54?,55?/m1/s1. The molecular formula is C56H89NO38. The molecule has 33 unspecified atom stereocenters. The predicted molar refractivity (Wildman–Crippen MR) is 298 cm³/mol. The molecule has 0 spiro atoms. The van der Waals surface area contributed by atoms with Gasteiger partial charge < -0.3 is 194 Å². The van der Waals surface area contributed by atoms with Crippen LogP contribution in [0.15, 0.2) is 35.9 Å². The molecule has 7 saturated heterocycles. The third-order valence-corrected chi connectivity index (χ3v) is 18.3. The van der Waals surface area contributed by atoms with Crippen molar-refractivity contribution in [3.05, 3.63) is 41.5 Å². The van der Waals surface area contributed by atoms with E-state index in [0.29, 0.717) is 6.42 Å². The highest BCUT2D eigenvalue weighted by atomic mass is 16.8. The van der Waals surface area contributed by atoms with Crippen molar-refractivity contribution in [2.45, 2.75) is 241 Å². The zero-order valence-corrected chi connectivity index (χ0v) is 51.2. The van der Waals surface area contributed by atoms with E-state index in [1.165, 1.54) is 0 Å². The van der Waals surface area contributed by atoms with Crippen LogP contribution in [0, 0.1) is 5.41 Å². The second-order valence-electron chi connectivity index (χ2n) is 25.1. The number of nitrogens with one attached hydrogen (secondary N) is 1. The summed E-state index contributed by atoms with van der Waals surface area (Å²) in [6, 6.07) is 6.11. The summed E-state index contributed by atoms with van der Waals surface area (Å²) in [6.45, 7) is -1.84. The highest BCUT2D eigenvalue weighted by Gasteiger charge is 2.54. The minimum atomic E-state index is -2.06. The second-order valence-corrected chi connectivity index (χ2v) is 25.1. The Morgan fingerprint density at radius 1 is 0.358 bits per heavy atom. The molecule has 8 aliphatic rings. The molecule has 0 aliphatic carbocycles. The van der Waals surface area contributed by atoms with E-state index in [1.807, 2.05) is 0 Å². The second kappa shape index (κ2) is 32.2. The van der Waals surface area contributed by atoms with Crippen molar-refractivity contribution in [3.8, 4) is 5.75 Å². The van der Waals surface area contributed by atoms with Gasteiger partial charge in [-0.3, -0.25) is 0 Å². The molecule has 1 aromatic carbocycles. The molecule has 0 radical (unpaired) electrons. The first-order valence-electron chi connectivity index (χ1n) is 30.6. The van der Waals surface area contributed by atoms with Crippen LogP contribution in [0.5, 0.6) is 5.75 Å². The number of rotatable bonds is 24. The van der Waals surface area contributed by atoms with Gasteiger partial charge in [-0.1, -0.05) is 26.0 Å².